The van der Waals surface area contributed by atoms with Crippen LogP contribution in [0.25, 0.3) is 0 Å². The fourth-order valence-corrected chi connectivity index (χ4v) is 1.51. The summed E-state index contributed by atoms with van der Waals surface area (Å²) < 4.78 is 5.72. The molecule has 0 saturated carbocycles. The van der Waals surface area contributed by atoms with E-state index >= 15 is 0 Å². The number of aldehydes is 1. The maximum Gasteiger partial charge on any atom is 0.153 e. The third-order valence-corrected chi connectivity index (χ3v) is 2.91. The van der Waals surface area contributed by atoms with Crippen LogP contribution in [0.3, 0.4) is 0 Å². The first-order valence-electron chi connectivity index (χ1n) is 6.14. The molecule has 0 saturated heterocycles. The fourth-order valence-electron chi connectivity index (χ4n) is 1.51. The van der Waals surface area contributed by atoms with Gasteiger partial charge in [-0.05, 0) is 36.5 Å². The summed E-state index contributed by atoms with van der Waals surface area (Å²) in [4.78, 5) is 11.1. The zero-order valence-corrected chi connectivity index (χ0v) is 11.4. The van der Waals surface area contributed by atoms with Crippen molar-refractivity contribution in [1.82, 2.24) is 0 Å². The Morgan fingerprint density at radius 1 is 1.35 bits per heavy atom. The molecule has 1 unspecified atom stereocenters. The highest BCUT2D eigenvalue weighted by Gasteiger charge is 2.16. The van der Waals surface area contributed by atoms with Crippen LogP contribution in [-0.2, 0) is 5.41 Å². The predicted molar refractivity (Wildman–Crippen MR) is 70.9 cm³/mol. The van der Waals surface area contributed by atoms with Gasteiger partial charge in [0.25, 0.3) is 0 Å². The zero-order valence-electron chi connectivity index (χ0n) is 11.4. The third-order valence-electron chi connectivity index (χ3n) is 2.91. The standard InChI is InChI=1S/C15H22O2/c1-6-11(2)17-14-8-7-13(15(3,4)5)9-12(14)10-16/h7-11H,6H2,1-5H3. The van der Waals surface area contributed by atoms with Gasteiger partial charge >= 0.3 is 0 Å². The molecular formula is C15H22O2. The van der Waals surface area contributed by atoms with Crippen molar-refractivity contribution >= 4 is 6.29 Å². The molecule has 0 spiro atoms. The maximum absolute atomic E-state index is 11.1. The summed E-state index contributed by atoms with van der Waals surface area (Å²) in [7, 11) is 0. The largest absolute Gasteiger partial charge is 0.490 e. The van der Waals surface area contributed by atoms with Crippen LogP contribution in [-0.4, -0.2) is 12.4 Å². The molecule has 0 fully saturated rings. The van der Waals surface area contributed by atoms with E-state index < -0.39 is 0 Å². The average molecular weight is 234 g/mol. The minimum atomic E-state index is 0.0483. The molecule has 0 aliphatic rings. The first-order valence-corrected chi connectivity index (χ1v) is 6.14. The van der Waals surface area contributed by atoms with Crippen molar-refractivity contribution in [1.29, 1.82) is 0 Å². The maximum atomic E-state index is 11.1. The van der Waals surface area contributed by atoms with Crippen molar-refractivity contribution in [2.24, 2.45) is 0 Å². The van der Waals surface area contributed by atoms with E-state index in [4.69, 9.17) is 4.74 Å². The molecule has 1 rings (SSSR count). The Kier molecular flexibility index (Phi) is 4.33. The van der Waals surface area contributed by atoms with Crippen molar-refractivity contribution in [2.75, 3.05) is 0 Å². The van der Waals surface area contributed by atoms with Crippen molar-refractivity contribution in [3.05, 3.63) is 29.3 Å². The van der Waals surface area contributed by atoms with E-state index in [2.05, 4.69) is 27.7 Å². The normalized spacial score (nSPS) is 13.2. The first kappa shape index (κ1) is 13.8. The van der Waals surface area contributed by atoms with Crippen molar-refractivity contribution in [3.8, 4) is 5.75 Å². The lowest BCUT2D eigenvalue weighted by atomic mass is 9.86. The lowest BCUT2D eigenvalue weighted by Crippen LogP contribution is -2.14. The predicted octanol–water partition coefficient (Wildman–Crippen LogP) is 3.97. The third kappa shape index (κ3) is 3.58. The van der Waals surface area contributed by atoms with Gasteiger partial charge in [-0.2, -0.15) is 0 Å². The lowest BCUT2D eigenvalue weighted by Gasteiger charge is -2.21. The van der Waals surface area contributed by atoms with E-state index in [9.17, 15) is 4.79 Å². The highest BCUT2D eigenvalue weighted by atomic mass is 16.5. The molecule has 1 aromatic carbocycles. The van der Waals surface area contributed by atoms with Crippen molar-refractivity contribution in [3.63, 3.8) is 0 Å². The average Bonchev–Trinajstić information content (AvgIpc) is 2.27. The smallest absolute Gasteiger partial charge is 0.153 e. The lowest BCUT2D eigenvalue weighted by molar-refractivity contribution is 0.111. The van der Waals surface area contributed by atoms with Crippen molar-refractivity contribution in [2.45, 2.75) is 52.6 Å². The Labute approximate surface area is 104 Å². The van der Waals surface area contributed by atoms with Crippen LogP contribution in [0.5, 0.6) is 5.75 Å². The minimum absolute atomic E-state index is 0.0483. The summed E-state index contributed by atoms with van der Waals surface area (Å²) in [6, 6.07) is 5.85. The van der Waals surface area contributed by atoms with Crippen LogP contribution in [0.15, 0.2) is 18.2 Å². The number of benzene rings is 1. The fraction of sp³-hybridized carbons (Fsp3) is 0.533. The number of hydrogen-bond acceptors (Lipinski definition) is 2. The number of rotatable bonds is 4. The number of carbonyl (C=O) groups excluding carboxylic acids is 1. The van der Waals surface area contributed by atoms with E-state index in [1.54, 1.807) is 0 Å². The molecule has 1 aromatic rings. The minimum Gasteiger partial charge on any atom is -0.490 e. The molecule has 94 valence electrons. The Morgan fingerprint density at radius 3 is 2.47 bits per heavy atom. The number of ether oxygens (including phenoxy) is 1. The quantitative estimate of drug-likeness (QED) is 0.737. The van der Waals surface area contributed by atoms with Gasteiger partial charge in [-0.25, -0.2) is 0 Å². The van der Waals surface area contributed by atoms with Gasteiger partial charge in [0, 0.05) is 0 Å². The summed E-state index contributed by atoms with van der Waals surface area (Å²) >= 11 is 0. The summed E-state index contributed by atoms with van der Waals surface area (Å²) in [6.07, 6.45) is 1.93. The summed E-state index contributed by atoms with van der Waals surface area (Å²) in [5, 5.41) is 0. The molecule has 0 bridgehead atoms. The van der Waals surface area contributed by atoms with Crippen LogP contribution < -0.4 is 4.74 Å². The van der Waals surface area contributed by atoms with Crippen LogP contribution >= 0.6 is 0 Å². The summed E-state index contributed by atoms with van der Waals surface area (Å²) in [5.74, 6) is 0.683. The molecular weight excluding hydrogens is 212 g/mol. The molecule has 0 heterocycles. The molecule has 0 aliphatic heterocycles. The highest BCUT2D eigenvalue weighted by Crippen LogP contribution is 2.27. The van der Waals surface area contributed by atoms with E-state index in [-0.39, 0.29) is 11.5 Å². The highest BCUT2D eigenvalue weighted by molar-refractivity contribution is 5.79. The van der Waals surface area contributed by atoms with Crippen LogP contribution in [0.4, 0.5) is 0 Å². The summed E-state index contributed by atoms with van der Waals surface area (Å²) in [6.45, 7) is 10.5. The van der Waals surface area contributed by atoms with Gasteiger partial charge in [0.15, 0.2) is 6.29 Å². The van der Waals surface area contributed by atoms with Crippen LogP contribution in [0.1, 0.15) is 57.0 Å². The molecule has 0 aliphatic carbocycles. The topological polar surface area (TPSA) is 26.3 Å². The molecule has 0 N–H and O–H groups in total. The Hall–Kier alpha value is -1.31. The second kappa shape index (κ2) is 5.35. The molecule has 0 aromatic heterocycles. The molecule has 0 amide bonds. The molecule has 1 atom stereocenters. The van der Waals surface area contributed by atoms with Gasteiger partial charge in [-0.1, -0.05) is 33.8 Å². The van der Waals surface area contributed by atoms with Crippen molar-refractivity contribution < 1.29 is 9.53 Å². The Balaban J connectivity index is 3.06. The van der Waals surface area contributed by atoms with E-state index in [1.807, 2.05) is 25.1 Å². The van der Waals surface area contributed by atoms with Gasteiger partial charge in [0.1, 0.15) is 5.75 Å². The SMILES string of the molecule is CCC(C)Oc1ccc(C(C)(C)C)cc1C=O. The van der Waals surface area contributed by atoms with E-state index in [0.29, 0.717) is 11.3 Å². The Morgan fingerprint density at radius 2 is 2.00 bits per heavy atom. The first-order chi connectivity index (χ1) is 7.88. The molecule has 0 radical (unpaired) electrons. The second-order valence-electron chi connectivity index (χ2n) is 5.46. The molecule has 2 nitrogen and oxygen atoms in total. The summed E-state index contributed by atoms with van der Waals surface area (Å²) in [5.41, 5.74) is 1.83. The van der Waals surface area contributed by atoms with Gasteiger partial charge in [-0.15, -0.1) is 0 Å². The zero-order chi connectivity index (χ0) is 13.1. The van der Waals surface area contributed by atoms with Gasteiger partial charge in [0.05, 0.1) is 11.7 Å². The van der Waals surface area contributed by atoms with E-state index in [0.717, 1.165) is 18.3 Å². The number of carbonyl (C=O) groups is 1. The van der Waals surface area contributed by atoms with Crippen LogP contribution in [0, 0.1) is 0 Å². The second-order valence-corrected chi connectivity index (χ2v) is 5.46. The molecule has 2 heteroatoms. The van der Waals surface area contributed by atoms with Gasteiger partial charge in [0.2, 0.25) is 0 Å². The Bertz CT molecular complexity index is 388. The van der Waals surface area contributed by atoms with Gasteiger partial charge < -0.3 is 4.74 Å². The molecule has 17 heavy (non-hydrogen) atoms. The van der Waals surface area contributed by atoms with Gasteiger partial charge in [-0.3, -0.25) is 4.79 Å². The number of hydrogen-bond donors (Lipinski definition) is 0. The monoisotopic (exact) mass is 234 g/mol. The van der Waals surface area contributed by atoms with E-state index in [1.165, 1.54) is 0 Å². The van der Waals surface area contributed by atoms with Crippen LogP contribution in [0.2, 0.25) is 0 Å².